The fraction of sp³-hybridized carbons (Fsp3) is 0.556. The van der Waals surface area contributed by atoms with Crippen molar-refractivity contribution < 1.29 is 14.3 Å². The molecular formula is C18H25N3O3S. The zero-order chi connectivity index (χ0) is 18.4. The summed E-state index contributed by atoms with van der Waals surface area (Å²) >= 11 is 1.20. The predicted octanol–water partition coefficient (Wildman–Crippen LogP) is 2.84. The Hall–Kier alpha value is -2.20. The van der Waals surface area contributed by atoms with Crippen LogP contribution in [0.1, 0.15) is 43.8 Å². The molecule has 1 aromatic rings. The van der Waals surface area contributed by atoms with E-state index in [-0.39, 0.29) is 11.9 Å². The van der Waals surface area contributed by atoms with Crippen LogP contribution in [-0.4, -0.2) is 41.2 Å². The first-order valence-corrected chi connectivity index (χ1v) is 9.19. The third-order valence-electron chi connectivity index (χ3n) is 3.42. The van der Waals surface area contributed by atoms with E-state index in [1.165, 1.54) is 17.5 Å². The molecule has 1 N–H and O–H groups in total. The standard InChI is InChI=1S/C18H25N3O3S/c1-12(2)8-6-7-9-19-17(22)15-10-20-18(25-15)24-16-11-21(13(3)4)14(5)23-16/h10,12-13,16H,5,7,9,11H2,1-4H3,(H,19,22). The van der Waals surface area contributed by atoms with Crippen LogP contribution in [0.2, 0.25) is 0 Å². The minimum Gasteiger partial charge on any atom is -0.438 e. The SMILES string of the molecule is C=C1OC(Oc2ncc(C(=O)NCCC#CC(C)C)s2)CN1C(C)C. The fourth-order valence-corrected chi connectivity index (χ4v) is 2.93. The van der Waals surface area contributed by atoms with Crippen molar-refractivity contribution in [3.05, 3.63) is 23.5 Å². The lowest BCUT2D eigenvalue weighted by Crippen LogP contribution is -2.29. The average molecular weight is 363 g/mol. The maximum Gasteiger partial charge on any atom is 0.277 e. The third-order valence-corrected chi connectivity index (χ3v) is 4.31. The second-order valence-corrected chi connectivity index (χ2v) is 7.27. The number of carbonyl (C=O) groups is 1. The summed E-state index contributed by atoms with van der Waals surface area (Å²) in [4.78, 5) is 18.8. The minimum absolute atomic E-state index is 0.167. The predicted molar refractivity (Wildman–Crippen MR) is 98.2 cm³/mol. The zero-order valence-electron chi connectivity index (χ0n) is 15.2. The van der Waals surface area contributed by atoms with Crippen LogP contribution < -0.4 is 10.1 Å². The van der Waals surface area contributed by atoms with Gasteiger partial charge in [-0.1, -0.05) is 25.2 Å². The molecule has 0 aromatic carbocycles. The van der Waals surface area contributed by atoms with Gasteiger partial charge in [-0.25, -0.2) is 4.98 Å². The van der Waals surface area contributed by atoms with E-state index in [1.807, 2.05) is 18.7 Å². The molecule has 0 spiro atoms. The lowest BCUT2D eigenvalue weighted by Gasteiger charge is -2.19. The number of thiazole rings is 1. The summed E-state index contributed by atoms with van der Waals surface area (Å²) in [6.45, 7) is 13.2. The lowest BCUT2D eigenvalue weighted by atomic mass is 10.2. The van der Waals surface area contributed by atoms with Crippen molar-refractivity contribution in [2.45, 2.75) is 46.4 Å². The Morgan fingerprint density at radius 2 is 2.32 bits per heavy atom. The van der Waals surface area contributed by atoms with Gasteiger partial charge in [0.2, 0.25) is 0 Å². The second-order valence-electron chi connectivity index (χ2n) is 6.28. The quantitative estimate of drug-likeness (QED) is 0.622. The van der Waals surface area contributed by atoms with Gasteiger partial charge in [-0.2, -0.15) is 0 Å². The smallest absolute Gasteiger partial charge is 0.277 e. The van der Waals surface area contributed by atoms with Crippen LogP contribution >= 0.6 is 11.3 Å². The van der Waals surface area contributed by atoms with E-state index in [1.54, 1.807) is 0 Å². The van der Waals surface area contributed by atoms with E-state index in [9.17, 15) is 4.79 Å². The van der Waals surface area contributed by atoms with E-state index >= 15 is 0 Å². The molecule has 0 aliphatic carbocycles. The van der Waals surface area contributed by atoms with Crippen molar-refractivity contribution in [3.63, 3.8) is 0 Å². The molecule has 1 amide bonds. The maximum absolute atomic E-state index is 12.1. The molecule has 1 fully saturated rings. The minimum atomic E-state index is -0.455. The van der Waals surface area contributed by atoms with E-state index in [4.69, 9.17) is 9.47 Å². The molecule has 6 nitrogen and oxygen atoms in total. The number of nitrogens with zero attached hydrogens (tertiary/aromatic N) is 2. The van der Waals surface area contributed by atoms with Crippen molar-refractivity contribution in [1.29, 1.82) is 0 Å². The molecule has 1 aromatic heterocycles. The van der Waals surface area contributed by atoms with Gasteiger partial charge in [0.15, 0.2) is 5.88 Å². The second kappa shape index (κ2) is 8.77. The number of nitrogens with one attached hydrogen (secondary N) is 1. The highest BCUT2D eigenvalue weighted by molar-refractivity contribution is 7.15. The molecule has 0 bridgehead atoms. The molecule has 136 valence electrons. The largest absolute Gasteiger partial charge is 0.438 e. The van der Waals surface area contributed by atoms with Crippen LogP contribution in [0.15, 0.2) is 18.7 Å². The molecule has 2 heterocycles. The van der Waals surface area contributed by atoms with Gasteiger partial charge in [0.05, 0.1) is 12.7 Å². The average Bonchev–Trinajstić information content (AvgIpc) is 3.13. The Kier molecular flexibility index (Phi) is 6.71. The number of amides is 1. The van der Waals surface area contributed by atoms with Gasteiger partial charge in [-0.15, -0.1) is 11.8 Å². The normalized spacial score (nSPS) is 16.6. The monoisotopic (exact) mass is 363 g/mol. The van der Waals surface area contributed by atoms with Gasteiger partial charge < -0.3 is 19.7 Å². The van der Waals surface area contributed by atoms with E-state index < -0.39 is 6.29 Å². The molecular weight excluding hydrogens is 338 g/mol. The van der Waals surface area contributed by atoms with E-state index in [0.717, 1.165) is 0 Å². The van der Waals surface area contributed by atoms with Gasteiger partial charge in [0, 0.05) is 24.9 Å². The van der Waals surface area contributed by atoms with Crippen LogP contribution in [0.4, 0.5) is 0 Å². The number of hydrogen-bond donors (Lipinski definition) is 1. The molecule has 1 aliphatic rings. The zero-order valence-corrected chi connectivity index (χ0v) is 16.0. The van der Waals surface area contributed by atoms with Gasteiger partial charge in [-0.05, 0) is 20.4 Å². The first kappa shape index (κ1) is 19.1. The van der Waals surface area contributed by atoms with E-state index in [2.05, 4.69) is 42.6 Å². The molecule has 2 rings (SSSR count). The Labute approximate surface area is 153 Å². The summed E-state index contributed by atoms with van der Waals surface area (Å²) < 4.78 is 11.3. The number of carbonyl (C=O) groups excluding carboxylic acids is 1. The van der Waals surface area contributed by atoms with Crippen molar-refractivity contribution in [1.82, 2.24) is 15.2 Å². The summed E-state index contributed by atoms with van der Waals surface area (Å²) in [5.74, 6) is 6.87. The van der Waals surface area contributed by atoms with Gasteiger partial charge >= 0.3 is 0 Å². The summed E-state index contributed by atoms with van der Waals surface area (Å²) in [6.07, 6.45) is 1.69. The van der Waals surface area contributed by atoms with Crippen LogP contribution in [0.3, 0.4) is 0 Å². The number of rotatable bonds is 6. The molecule has 1 atom stereocenters. The Balaban J connectivity index is 1.81. The summed E-state index contributed by atoms with van der Waals surface area (Å²) in [7, 11) is 0. The van der Waals surface area contributed by atoms with Crippen molar-refractivity contribution >= 4 is 17.2 Å². The van der Waals surface area contributed by atoms with Crippen LogP contribution in [0.5, 0.6) is 5.19 Å². The fourth-order valence-electron chi connectivity index (χ4n) is 2.21. The molecule has 1 aliphatic heterocycles. The number of ether oxygens (including phenoxy) is 2. The van der Waals surface area contributed by atoms with E-state index in [0.29, 0.717) is 41.4 Å². The molecule has 1 saturated heterocycles. The van der Waals surface area contributed by atoms with Crippen LogP contribution in [0.25, 0.3) is 0 Å². The maximum atomic E-state index is 12.1. The van der Waals surface area contributed by atoms with Gasteiger partial charge in [0.25, 0.3) is 17.4 Å². The summed E-state index contributed by atoms with van der Waals surface area (Å²) in [5, 5.41) is 3.24. The van der Waals surface area contributed by atoms with Gasteiger partial charge in [-0.3, -0.25) is 4.79 Å². The highest BCUT2D eigenvalue weighted by Crippen LogP contribution is 2.26. The first-order chi connectivity index (χ1) is 11.9. The van der Waals surface area contributed by atoms with Crippen molar-refractivity contribution in [2.24, 2.45) is 5.92 Å². The molecule has 0 radical (unpaired) electrons. The Morgan fingerprint density at radius 1 is 1.56 bits per heavy atom. The Morgan fingerprint density at radius 3 is 2.96 bits per heavy atom. The molecule has 25 heavy (non-hydrogen) atoms. The third kappa shape index (κ3) is 5.68. The number of hydrogen-bond acceptors (Lipinski definition) is 6. The Bertz CT molecular complexity index is 673. The highest BCUT2D eigenvalue weighted by atomic mass is 32.1. The topological polar surface area (TPSA) is 63.7 Å². The molecule has 7 heteroatoms. The van der Waals surface area contributed by atoms with Crippen LogP contribution in [0, 0.1) is 17.8 Å². The molecule has 1 unspecified atom stereocenters. The number of aromatic nitrogens is 1. The van der Waals surface area contributed by atoms with Crippen LogP contribution in [-0.2, 0) is 4.74 Å². The summed E-state index contributed by atoms with van der Waals surface area (Å²) in [5.41, 5.74) is 0. The lowest BCUT2D eigenvalue weighted by molar-refractivity contribution is -0.00478. The highest BCUT2D eigenvalue weighted by Gasteiger charge is 2.30. The van der Waals surface area contributed by atoms with Crippen molar-refractivity contribution in [3.8, 4) is 17.0 Å². The molecule has 0 saturated carbocycles. The summed E-state index contributed by atoms with van der Waals surface area (Å²) in [6, 6.07) is 0.289. The first-order valence-electron chi connectivity index (χ1n) is 8.38. The van der Waals surface area contributed by atoms with Crippen molar-refractivity contribution in [2.75, 3.05) is 13.1 Å². The van der Waals surface area contributed by atoms with Gasteiger partial charge in [0.1, 0.15) is 4.88 Å².